The second-order valence-corrected chi connectivity index (χ2v) is 5.71. The van der Waals surface area contributed by atoms with Crippen molar-refractivity contribution in [3.8, 4) is 0 Å². The van der Waals surface area contributed by atoms with E-state index >= 15 is 0 Å². The molecule has 3 N–H and O–H groups in total. The third-order valence-electron chi connectivity index (χ3n) is 2.82. The van der Waals surface area contributed by atoms with Crippen LogP contribution >= 0.6 is 0 Å². The van der Waals surface area contributed by atoms with Crippen molar-refractivity contribution in [1.29, 1.82) is 0 Å². The fraction of sp³-hybridized carbons (Fsp3) is 0.909. The Morgan fingerprint density at radius 2 is 1.73 bits per heavy atom. The normalized spacial score (nSPS) is 14.9. The highest BCUT2D eigenvalue weighted by atomic mass is 16.3. The van der Waals surface area contributed by atoms with E-state index in [0.29, 0.717) is 0 Å². The molecule has 0 aliphatic rings. The van der Waals surface area contributed by atoms with Crippen LogP contribution in [0.3, 0.4) is 0 Å². The van der Waals surface area contributed by atoms with Gasteiger partial charge in [0.15, 0.2) is 0 Å². The molecule has 1 unspecified atom stereocenters. The van der Waals surface area contributed by atoms with Gasteiger partial charge in [0.25, 0.3) is 0 Å². The lowest BCUT2D eigenvalue weighted by Gasteiger charge is -2.38. The van der Waals surface area contributed by atoms with E-state index in [1.165, 1.54) is 4.90 Å². The van der Waals surface area contributed by atoms with Crippen LogP contribution in [0.1, 0.15) is 34.6 Å². The molecule has 0 aromatic rings. The standard InChI is InChI=1S/C11H24N2O2/c1-10(2,3)8(12)9(15)13(6)11(4,5)7-14/h8,14H,7,12H2,1-6H3. The minimum Gasteiger partial charge on any atom is -0.394 e. The van der Waals surface area contributed by atoms with Gasteiger partial charge in [-0.2, -0.15) is 0 Å². The molecule has 4 nitrogen and oxygen atoms in total. The Balaban J connectivity index is 4.74. The molecule has 1 amide bonds. The zero-order chi connectivity index (χ0) is 12.4. The van der Waals surface area contributed by atoms with Crippen molar-refractivity contribution >= 4 is 5.91 Å². The van der Waals surface area contributed by atoms with E-state index in [1.807, 2.05) is 20.8 Å². The second kappa shape index (κ2) is 4.49. The first-order chi connectivity index (χ1) is 6.54. The molecule has 0 fully saturated rings. The van der Waals surface area contributed by atoms with Gasteiger partial charge in [-0.1, -0.05) is 20.8 Å². The van der Waals surface area contributed by atoms with E-state index in [1.54, 1.807) is 20.9 Å². The van der Waals surface area contributed by atoms with Gasteiger partial charge in [0, 0.05) is 7.05 Å². The van der Waals surface area contributed by atoms with Gasteiger partial charge in [0.1, 0.15) is 0 Å². The zero-order valence-electron chi connectivity index (χ0n) is 10.7. The summed E-state index contributed by atoms with van der Waals surface area (Å²) in [6.07, 6.45) is 0. The summed E-state index contributed by atoms with van der Waals surface area (Å²) in [6, 6.07) is -0.548. The third-order valence-corrected chi connectivity index (χ3v) is 2.82. The maximum atomic E-state index is 12.0. The van der Waals surface area contributed by atoms with Crippen LogP contribution in [0.25, 0.3) is 0 Å². The summed E-state index contributed by atoms with van der Waals surface area (Å²) in [5, 5.41) is 9.16. The van der Waals surface area contributed by atoms with Gasteiger partial charge in [0.2, 0.25) is 5.91 Å². The monoisotopic (exact) mass is 216 g/mol. The molecule has 0 saturated carbocycles. The van der Waals surface area contributed by atoms with Crippen molar-refractivity contribution in [2.24, 2.45) is 11.1 Å². The highest BCUT2D eigenvalue weighted by Gasteiger charge is 2.35. The highest BCUT2D eigenvalue weighted by Crippen LogP contribution is 2.21. The Morgan fingerprint density at radius 1 is 1.33 bits per heavy atom. The number of hydrogen-bond donors (Lipinski definition) is 2. The first-order valence-corrected chi connectivity index (χ1v) is 5.18. The van der Waals surface area contributed by atoms with Crippen LogP contribution in [0, 0.1) is 5.41 Å². The Labute approximate surface area is 92.4 Å². The van der Waals surface area contributed by atoms with Gasteiger partial charge in [-0.15, -0.1) is 0 Å². The average Bonchev–Trinajstić information content (AvgIpc) is 2.12. The summed E-state index contributed by atoms with van der Waals surface area (Å²) in [5.41, 5.74) is 5.04. The molecule has 0 spiro atoms. The summed E-state index contributed by atoms with van der Waals surface area (Å²) in [6.45, 7) is 9.31. The van der Waals surface area contributed by atoms with Crippen LogP contribution in [0.5, 0.6) is 0 Å². The number of nitrogens with zero attached hydrogens (tertiary/aromatic N) is 1. The molecule has 0 aromatic heterocycles. The second-order valence-electron chi connectivity index (χ2n) is 5.71. The Morgan fingerprint density at radius 3 is 2.00 bits per heavy atom. The zero-order valence-corrected chi connectivity index (χ0v) is 10.7. The van der Waals surface area contributed by atoms with Gasteiger partial charge >= 0.3 is 0 Å². The molecule has 90 valence electrons. The molecule has 15 heavy (non-hydrogen) atoms. The summed E-state index contributed by atoms with van der Waals surface area (Å²) < 4.78 is 0. The van der Waals surface area contributed by atoms with Crippen LogP contribution < -0.4 is 5.73 Å². The lowest BCUT2D eigenvalue weighted by atomic mass is 9.86. The van der Waals surface area contributed by atoms with E-state index in [4.69, 9.17) is 10.8 Å². The maximum absolute atomic E-state index is 12.0. The SMILES string of the molecule is CN(C(=O)C(N)C(C)(C)C)C(C)(C)CO. The summed E-state index contributed by atoms with van der Waals surface area (Å²) in [7, 11) is 1.67. The number of aliphatic hydroxyl groups is 1. The summed E-state index contributed by atoms with van der Waals surface area (Å²) in [4.78, 5) is 13.5. The van der Waals surface area contributed by atoms with Gasteiger partial charge in [-0.3, -0.25) is 4.79 Å². The van der Waals surface area contributed by atoms with Crippen LogP contribution in [0.15, 0.2) is 0 Å². The van der Waals surface area contributed by atoms with E-state index in [-0.39, 0.29) is 17.9 Å². The molecule has 0 rings (SSSR count). The lowest BCUT2D eigenvalue weighted by Crippen LogP contribution is -2.56. The van der Waals surface area contributed by atoms with Crippen molar-refractivity contribution < 1.29 is 9.90 Å². The average molecular weight is 216 g/mol. The third kappa shape index (κ3) is 3.47. The molecular weight excluding hydrogens is 192 g/mol. The number of rotatable bonds is 3. The molecule has 0 aliphatic carbocycles. The fourth-order valence-electron chi connectivity index (χ4n) is 0.983. The minimum absolute atomic E-state index is 0.0773. The maximum Gasteiger partial charge on any atom is 0.240 e. The highest BCUT2D eigenvalue weighted by molar-refractivity contribution is 5.82. The molecule has 0 heterocycles. The quantitative estimate of drug-likeness (QED) is 0.725. The number of likely N-dealkylation sites (N-methyl/N-ethyl adjacent to an activating group) is 1. The Hall–Kier alpha value is -0.610. The largest absolute Gasteiger partial charge is 0.394 e. The van der Waals surface area contributed by atoms with Crippen molar-refractivity contribution in [2.75, 3.05) is 13.7 Å². The predicted octanol–water partition coefficient (Wildman–Crippen LogP) is 0.589. The molecule has 0 aromatic carbocycles. The van der Waals surface area contributed by atoms with Crippen molar-refractivity contribution in [2.45, 2.75) is 46.2 Å². The minimum atomic E-state index is -0.569. The van der Waals surface area contributed by atoms with Crippen LogP contribution in [-0.2, 0) is 4.79 Å². The van der Waals surface area contributed by atoms with Crippen molar-refractivity contribution in [1.82, 2.24) is 4.90 Å². The summed E-state index contributed by atoms with van der Waals surface area (Å²) >= 11 is 0. The molecule has 0 saturated heterocycles. The van der Waals surface area contributed by atoms with Gasteiger partial charge in [-0.05, 0) is 19.3 Å². The first-order valence-electron chi connectivity index (χ1n) is 5.18. The van der Waals surface area contributed by atoms with Gasteiger partial charge in [0.05, 0.1) is 18.2 Å². The van der Waals surface area contributed by atoms with Crippen LogP contribution in [0.4, 0.5) is 0 Å². The topological polar surface area (TPSA) is 66.6 Å². The van der Waals surface area contributed by atoms with Gasteiger partial charge < -0.3 is 15.7 Å². The number of amides is 1. The smallest absolute Gasteiger partial charge is 0.240 e. The first kappa shape index (κ1) is 14.4. The Bertz CT molecular complexity index is 231. The predicted molar refractivity (Wildman–Crippen MR) is 61.4 cm³/mol. The van der Waals surface area contributed by atoms with Gasteiger partial charge in [-0.25, -0.2) is 0 Å². The fourth-order valence-corrected chi connectivity index (χ4v) is 0.983. The lowest BCUT2D eigenvalue weighted by molar-refractivity contribution is -0.139. The Kier molecular flexibility index (Phi) is 4.31. The van der Waals surface area contributed by atoms with Crippen molar-refractivity contribution in [3.05, 3.63) is 0 Å². The number of carbonyl (C=O) groups excluding carboxylic acids is 1. The van der Waals surface area contributed by atoms with E-state index in [0.717, 1.165) is 0 Å². The van der Waals surface area contributed by atoms with E-state index < -0.39 is 11.6 Å². The van der Waals surface area contributed by atoms with E-state index in [9.17, 15) is 4.79 Å². The molecule has 1 atom stereocenters. The van der Waals surface area contributed by atoms with Crippen molar-refractivity contribution in [3.63, 3.8) is 0 Å². The molecule has 4 heteroatoms. The van der Waals surface area contributed by atoms with E-state index in [2.05, 4.69) is 0 Å². The number of aliphatic hydroxyl groups excluding tert-OH is 1. The van der Waals surface area contributed by atoms with Crippen LogP contribution in [-0.4, -0.2) is 41.1 Å². The molecular formula is C11H24N2O2. The molecule has 0 aliphatic heterocycles. The number of nitrogens with two attached hydrogens (primary N) is 1. The number of hydrogen-bond acceptors (Lipinski definition) is 3. The summed E-state index contributed by atoms with van der Waals surface area (Å²) in [5.74, 6) is -0.137. The molecule has 0 radical (unpaired) electrons. The number of carbonyl (C=O) groups is 1. The molecule has 0 bridgehead atoms. The van der Waals surface area contributed by atoms with Crippen LogP contribution in [0.2, 0.25) is 0 Å².